The van der Waals surface area contributed by atoms with E-state index in [9.17, 15) is 19.7 Å². The van der Waals surface area contributed by atoms with Gasteiger partial charge in [0.25, 0.3) is 5.69 Å². The third-order valence-electron chi connectivity index (χ3n) is 4.87. The third-order valence-corrected chi connectivity index (χ3v) is 5.20. The summed E-state index contributed by atoms with van der Waals surface area (Å²) in [6, 6.07) is 17.1. The molecule has 0 aliphatic heterocycles. The molecule has 0 aliphatic carbocycles. The van der Waals surface area contributed by atoms with Gasteiger partial charge >= 0.3 is 0 Å². The van der Waals surface area contributed by atoms with Crippen LogP contribution in [-0.4, -0.2) is 17.3 Å². The van der Waals surface area contributed by atoms with E-state index < -0.39 is 22.7 Å². The maximum Gasteiger partial charge on any atom is 0.269 e. The number of ketones is 1. The Morgan fingerprint density at radius 1 is 1.09 bits per heavy atom. The molecule has 0 unspecified atom stereocenters. The molecule has 0 fully saturated rings. The van der Waals surface area contributed by atoms with Crippen LogP contribution in [0, 0.1) is 17.0 Å². The molecular weight excluding hydrogens is 434 g/mol. The summed E-state index contributed by atoms with van der Waals surface area (Å²) in [5, 5.41) is 11.5. The predicted octanol–water partition coefficient (Wildman–Crippen LogP) is 5.59. The van der Waals surface area contributed by atoms with Crippen LogP contribution in [-0.2, 0) is 0 Å². The molecule has 0 aliphatic rings. The Labute approximate surface area is 187 Å². The topological polar surface area (TPSA) is 99.7 Å². The summed E-state index contributed by atoms with van der Waals surface area (Å²) in [5.74, 6) is -0.465. The minimum Gasteiger partial charge on any atom is -0.478 e. The van der Waals surface area contributed by atoms with E-state index in [4.69, 9.17) is 20.8 Å². The van der Waals surface area contributed by atoms with Gasteiger partial charge in [-0.05, 0) is 48.9 Å². The lowest BCUT2D eigenvalue weighted by Crippen LogP contribution is -2.17. The number of nitro benzene ring substituents is 1. The number of rotatable bonds is 6. The smallest absolute Gasteiger partial charge is 0.269 e. The first-order valence-corrected chi connectivity index (χ1v) is 9.96. The van der Waals surface area contributed by atoms with Crippen molar-refractivity contribution in [3.63, 3.8) is 0 Å². The first-order valence-electron chi connectivity index (χ1n) is 9.58. The zero-order valence-electron chi connectivity index (χ0n) is 16.8. The van der Waals surface area contributed by atoms with Gasteiger partial charge in [0.1, 0.15) is 5.58 Å². The van der Waals surface area contributed by atoms with Crippen molar-refractivity contribution in [1.82, 2.24) is 0 Å². The van der Waals surface area contributed by atoms with Crippen LogP contribution >= 0.6 is 11.6 Å². The van der Waals surface area contributed by atoms with Gasteiger partial charge < -0.3 is 9.15 Å². The second kappa shape index (κ2) is 8.64. The van der Waals surface area contributed by atoms with E-state index in [-0.39, 0.29) is 22.8 Å². The molecule has 0 spiro atoms. The molecule has 1 heterocycles. The van der Waals surface area contributed by atoms with Crippen molar-refractivity contribution in [2.45, 2.75) is 6.92 Å². The molecule has 0 saturated carbocycles. The minimum absolute atomic E-state index is 0.121. The molecule has 3 aromatic carbocycles. The highest BCUT2D eigenvalue weighted by Crippen LogP contribution is 2.35. The maximum absolute atomic E-state index is 13.2. The Balaban J connectivity index is 1.74. The number of halogens is 1. The number of aryl methyl sites for hydroxylation is 1. The van der Waals surface area contributed by atoms with Gasteiger partial charge in [0.15, 0.2) is 18.2 Å². The summed E-state index contributed by atoms with van der Waals surface area (Å²) in [6.45, 7) is 1.42. The lowest BCUT2D eigenvalue weighted by molar-refractivity contribution is -0.384. The van der Waals surface area contributed by atoms with Gasteiger partial charge in [0.2, 0.25) is 11.2 Å². The largest absolute Gasteiger partial charge is 0.478 e. The predicted molar refractivity (Wildman–Crippen MR) is 121 cm³/mol. The number of Topliss-reactive ketones (excluding diaryl/α,β-unsaturated/α-hetero) is 1. The van der Waals surface area contributed by atoms with Crippen LogP contribution in [0.15, 0.2) is 75.9 Å². The van der Waals surface area contributed by atoms with Gasteiger partial charge in [0, 0.05) is 23.3 Å². The Hall–Kier alpha value is -3.97. The summed E-state index contributed by atoms with van der Waals surface area (Å²) in [6.07, 6.45) is 0. The zero-order chi connectivity index (χ0) is 22.8. The van der Waals surface area contributed by atoms with Crippen LogP contribution in [0.2, 0.25) is 5.02 Å². The number of non-ortho nitro benzene ring substituents is 1. The molecule has 0 amide bonds. The minimum atomic E-state index is -0.553. The molecule has 8 heteroatoms. The summed E-state index contributed by atoms with van der Waals surface area (Å²) in [5.41, 5.74) is 1.39. The number of carbonyl (C=O) groups excluding carboxylic acids is 1. The average molecular weight is 450 g/mol. The standard InChI is InChI=1S/C24H16ClNO6/c1-14-6-11-18-21(12-14)32-23(17-4-2-3-5-19(17)25)24(22(18)28)31-13-20(27)15-7-9-16(10-8-15)26(29)30/h2-12H,13H2,1H3. The van der Waals surface area contributed by atoms with Gasteiger partial charge in [0.05, 0.1) is 15.3 Å². The van der Waals surface area contributed by atoms with Crippen LogP contribution in [0.25, 0.3) is 22.3 Å². The van der Waals surface area contributed by atoms with Crippen molar-refractivity contribution in [2.75, 3.05) is 6.61 Å². The second-order valence-corrected chi connectivity index (χ2v) is 7.49. The van der Waals surface area contributed by atoms with Crippen LogP contribution < -0.4 is 10.2 Å². The molecule has 1 aromatic heterocycles. The van der Waals surface area contributed by atoms with E-state index >= 15 is 0 Å². The normalized spacial score (nSPS) is 10.8. The van der Waals surface area contributed by atoms with E-state index in [0.29, 0.717) is 21.6 Å². The Kier molecular flexibility index (Phi) is 5.75. The molecule has 0 atom stereocenters. The van der Waals surface area contributed by atoms with Crippen LogP contribution in [0.5, 0.6) is 5.75 Å². The third kappa shape index (κ3) is 4.10. The lowest BCUT2D eigenvalue weighted by Gasteiger charge is -2.12. The quantitative estimate of drug-likeness (QED) is 0.216. The molecule has 7 nitrogen and oxygen atoms in total. The van der Waals surface area contributed by atoms with Gasteiger partial charge in [-0.15, -0.1) is 0 Å². The first-order chi connectivity index (χ1) is 15.3. The number of carbonyl (C=O) groups is 1. The summed E-state index contributed by atoms with van der Waals surface area (Å²) in [4.78, 5) is 36.0. The summed E-state index contributed by atoms with van der Waals surface area (Å²) < 4.78 is 11.7. The average Bonchev–Trinajstić information content (AvgIpc) is 2.78. The number of hydrogen-bond acceptors (Lipinski definition) is 6. The summed E-state index contributed by atoms with van der Waals surface area (Å²) in [7, 11) is 0. The van der Waals surface area contributed by atoms with Gasteiger partial charge in [-0.1, -0.05) is 29.8 Å². The van der Waals surface area contributed by atoms with E-state index in [1.54, 1.807) is 42.5 Å². The van der Waals surface area contributed by atoms with Crippen molar-refractivity contribution >= 4 is 34.0 Å². The molecule has 4 aromatic rings. The number of benzene rings is 3. The molecule has 32 heavy (non-hydrogen) atoms. The number of nitrogens with zero attached hydrogens (tertiary/aromatic N) is 1. The number of nitro groups is 1. The Morgan fingerprint density at radius 3 is 2.50 bits per heavy atom. The van der Waals surface area contributed by atoms with Gasteiger partial charge in [-0.25, -0.2) is 0 Å². The molecule has 0 saturated heterocycles. The van der Waals surface area contributed by atoms with Crippen LogP contribution in [0.3, 0.4) is 0 Å². The van der Waals surface area contributed by atoms with Gasteiger partial charge in [-0.3, -0.25) is 19.7 Å². The van der Waals surface area contributed by atoms with Crippen molar-refractivity contribution in [3.05, 3.63) is 103 Å². The number of fused-ring (bicyclic) bond motifs is 1. The molecule has 0 radical (unpaired) electrons. The summed E-state index contributed by atoms with van der Waals surface area (Å²) >= 11 is 6.32. The fraction of sp³-hybridized carbons (Fsp3) is 0.0833. The number of hydrogen-bond donors (Lipinski definition) is 0. The molecule has 0 N–H and O–H groups in total. The number of ether oxygens (including phenoxy) is 1. The second-order valence-electron chi connectivity index (χ2n) is 7.08. The SMILES string of the molecule is Cc1ccc2c(=O)c(OCC(=O)c3ccc([N+](=O)[O-])cc3)c(-c3ccccc3Cl)oc2c1. The van der Waals surface area contributed by atoms with E-state index in [2.05, 4.69) is 0 Å². The fourth-order valence-electron chi connectivity index (χ4n) is 3.23. The molecule has 160 valence electrons. The highest BCUT2D eigenvalue weighted by atomic mass is 35.5. The van der Waals surface area contributed by atoms with E-state index in [1.165, 1.54) is 24.3 Å². The molecular formula is C24H16ClNO6. The maximum atomic E-state index is 13.2. The zero-order valence-corrected chi connectivity index (χ0v) is 17.6. The fourth-order valence-corrected chi connectivity index (χ4v) is 3.45. The molecule has 4 rings (SSSR count). The highest BCUT2D eigenvalue weighted by Gasteiger charge is 2.21. The van der Waals surface area contributed by atoms with Crippen molar-refractivity contribution in [2.24, 2.45) is 0 Å². The molecule has 0 bridgehead atoms. The highest BCUT2D eigenvalue weighted by molar-refractivity contribution is 6.33. The van der Waals surface area contributed by atoms with Gasteiger partial charge in [-0.2, -0.15) is 0 Å². The van der Waals surface area contributed by atoms with Crippen LogP contribution in [0.1, 0.15) is 15.9 Å². The van der Waals surface area contributed by atoms with Crippen molar-refractivity contribution < 1.29 is 18.9 Å². The van der Waals surface area contributed by atoms with Crippen molar-refractivity contribution in [3.8, 4) is 17.1 Å². The van der Waals surface area contributed by atoms with Crippen molar-refractivity contribution in [1.29, 1.82) is 0 Å². The van der Waals surface area contributed by atoms with E-state index in [1.807, 2.05) is 6.92 Å². The monoisotopic (exact) mass is 449 g/mol. The van der Waals surface area contributed by atoms with Crippen LogP contribution in [0.4, 0.5) is 5.69 Å². The van der Waals surface area contributed by atoms with E-state index in [0.717, 1.165) is 5.56 Å². The first kappa shape index (κ1) is 21.3. The Morgan fingerprint density at radius 2 is 1.81 bits per heavy atom. The Bertz CT molecular complexity index is 1410. The lowest BCUT2D eigenvalue weighted by atomic mass is 10.1.